The van der Waals surface area contributed by atoms with Crippen LogP contribution in [0.15, 0.2) is 18.3 Å². The Bertz CT molecular complexity index is 306. The number of methoxy groups -OCH3 is 1. The van der Waals surface area contributed by atoms with Gasteiger partial charge in [0.15, 0.2) is 0 Å². The first kappa shape index (κ1) is 13.2. The first-order chi connectivity index (χ1) is 7.54. The van der Waals surface area contributed by atoms with E-state index in [1.807, 2.05) is 12.3 Å². The van der Waals surface area contributed by atoms with Crippen molar-refractivity contribution in [2.24, 2.45) is 0 Å². The molecule has 0 aliphatic carbocycles. The molecule has 0 amide bonds. The van der Waals surface area contributed by atoms with Gasteiger partial charge in [0, 0.05) is 32.4 Å². The molecule has 1 heterocycles. The van der Waals surface area contributed by atoms with Crippen LogP contribution in [-0.2, 0) is 4.74 Å². The summed E-state index contributed by atoms with van der Waals surface area (Å²) in [5.41, 5.74) is 0. The highest BCUT2D eigenvalue weighted by atomic mass is 28.3. The molecule has 1 aromatic rings. The van der Waals surface area contributed by atoms with Crippen molar-refractivity contribution in [1.29, 1.82) is 0 Å². The highest BCUT2D eigenvalue weighted by Gasteiger charge is 2.16. The first-order valence-corrected chi connectivity index (χ1v) is 9.12. The molecule has 4 heteroatoms. The van der Waals surface area contributed by atoms with Crippen LogP contribution in [0.2, 0.25) is 19.6 Å². The minimum atomic E-state index is -1.24. The van der Waals surface area contributed by atoms with Crippen molar-refractivity contribution >= 4 is 13.3 Å². The summed E-state index contributed by atoms with van der Waals surface area (Å²) in [7, 11) is 0.457. The number of ether oxygens (including phenoxy) is 2. The second-order valence-electron chi connectivity index (χ2n) is 4.83. The van der Waals surface area contributed by atoms with Crippen molar-refractivity contribution in [2.75, 3.05) is 20.3 Å². The van der Waals surface area contributed by atoms with Crippen LogP contribution in [0.4, 0.5) is 0 Å². The largest absolute Gasteiger partial charge is 0.478 e. The molecule has 0 saturated carbocycles. The fourth-order valence-corrected chi connectivity index (χ4v) is 2.32. The van der Waals surface area contributed by atoms with Crippen LogP contribution in [0.1, 0.15) is 6.42 Å². The molecule has 3 nitrogen and oxygen atoms in total. The van der Waals surface area contributed by atoms with Gasteiger partial charge in [-0.1, -0.05) is 25.7 Å². The monoisotopic (exact) mass is 239 g/mol. The zero-order valence-corrected chi connectivity index (χ0v) is 11.6. The third kappa shape index (κ3) is 4.33. The zero-order chi connectivity index (χ0) is 12.0. The molecule has 1 aromatic heterocycles. The van der Waals surface area contributed by atoms with Gasteiger partial charge in [-0.15, -0.1) is 0 Å². The lowest BCUT2D eigenvalue weighted by molar-refractivity contribution is 0.170. The number of hydrogen-bond donors (Lipinski definition) is 0. The van der Waals surface area contributed by atoms with E-state index in [1.165, 1.54) is 5.19 Å². The third-order valence-corrected chi connectivity index (χ3v) is 4.37. The van der Waals surface area contributed by atoms with Crippen LogP contribution in [0.5, 0.6) is 5.88 Å². The van der Waals surface area contributed by atoms with Crippen molar-refractivity contribution in [3.63, 3.8) is 0 Å². The molecule has 0 atom stereocenters. The average molecular weight is 239 g/mol. The molecule has 0 bridgehead atoms. The van der Waals surface area contributed by atoms with Gasteiger partial charge in [-0.3, -0.25) is 0 Å². The van der Waals surface area contributed by atoms with Gasteiger partial charge in [0.25, 0.3) is 0 Å². The molecule has 0 N–H and O–H groups in total. The van der Waals surface area contributed by atoms with E-state index in [0.29, 0.717) is 12.5 Å². The first-order valence-electron chi connectivity index (χ1n) is 5.62. The zero-order valence-electron chi connectivity index (χ0n) is 10.6. The maximum Gasteiger partial charge on any atom is 0.213 e. The molecule has 90 valence electrons. The van der Waals surface area contributed by atoms with Gasteiger partial charge in [0.2, 0.25) is 5.88 Å². The highest BCUT2D eigenvalue weighted by molar-refractivity contribution is 6.88. The van der Waals surface area contributed by atoms with E-state index in [9.17, 15) is 0 Å². The average Bonchev–Trinajstić information content (AvgIpc) is 2.24. The van der Waals surface area contributed by atoms with E-state index < -0.39 is 8.07 Å². The lowest BCUT2D eigenvalue weighted by Gasteiger charge is -2.16. The third-order valence-electron chi connectivity index (χ3n) is 2.35. The van der Waals surface area contributed by atoms with Gasteiger partial charge in [-0.2, -0.15) is 0 Å². The quantitative estimate of drug-likeness (QED) is 0.562. The van der Waals surface area contributed by atoms with Crippen LogP contribution in [0, 0.1) is 0 Å². The summed E-state index contributed by atoms with van der Waals surface area (Å²) in [6, 6.07) is 4.09. The summed E-state index contributed by atoms with van der Waals surface area (Å²) in [5.74, 6) is 0.707. The molecule has 0 aromatic carbocycles. The summed E-state index contributed by atoms with van der Waals surface area (Å²) in [5, 5.41) is 1.36. The van der Waals surface area contributed by atoms with Crippen LogP contribution in [0.3, 0.4) is 0 Å². The molecular weight excluding hydrogens is 218 g/mol. The van der Waals surface area contributed by atoms with Gasteiger partial charge in [0.05, 0.1) is 14.7 Å². The summed E-state index contributed by atoms with van der Waals surface area (Å²) >= 11 is 0. The molecule has 0 unspecified atom stereocenters. The Morgan fingerprint density at radius 3 is 2.44 bits per heavy atom. The molecule has 1 rings (SSSR count). The second kappa shape index (κ2) is 6.01. The fourth-order valence-electron chi connectivity index (χ4n) is 1.29. The number of hydrogen-bond acceptors (Lipinski definition) is 3. The maximum absolute atomic E-state index is 5.50. The lowest BCUT2D eigenvalue weighted by Crippen LogP contribution is -2.37. The van der Waals surface area contributed by atoms with Crippen molar-refractivity contribution < 1.29 is 9.47 Å². The summed E-state index contributed by atoms with van der Waals surface area (Å²) in [6.45, 7) is 8.31. The van der Waals surface area contributed by atoms with Gasteiger partial charge < -0.3 is 9.47 Å². The van der Waals surface area contributed by atoms with Crippen molar-refractivity contribution in [3.05, 3.63) is 18.3 Å². The fraction of sp³-hybridized carbons (Fsp3) is 0.583. The van der Waals surface area contributed by atoms with Gasteiger partial charge in [0.1, 0.15) is 0 Å². The smallest absolute Gasteiger partial charge is 0.213 e. The van der Waals surface area contributed by atoms with Crippen molar-refractivity contribution in [1.82, 2.24) is 4.98 Å². The molecule has 16 heavy (non-hydrogen) atoms. The molecule has 0 fully saturated rings. The number of pyridine rings is 1. The Kier molecular flexibility index (Phi) is 4.95. The topological polar surface area (TPSA) is 31.4 Å². The van der Waals surface area contributed by atoms with E-state index in [2.05, 4.69) is 30.7 Å². The molecule has 0 saturated heterocycles. The molecule has 0 aliphatic rings. The van der Waals surface area contributed by atoms with Gasteiger partial charge in [-0.05, 0) is 5.19 Å². The second-order valence-corrected chi connectivity index (χ2v) is 9.91. The van der Waals surface area contributed by atoms with Crippen molar-refractivity contribution in [3.8, 4) is 5.88 Å². The minimum Gasteiger partial charge on any atom is -0.478 e. The number of aromatic nitrogens is 1. The van der Waals surface area contributed by atoms with Crippen LogP contribution in [-0.4, -0.2) is 33.4 Å². The van der Waals surface area contributed by atoms with Crippen LogP contribution >= 0.6 is 0 Å². The Hall–Kier alpha value is -0.873. The Morgan fingerprint density at radius 1 is 1.19 bits per heavy atom. The molecular formula is C12H21NO2Si. The van der Waals surface area contributed by atoms with Gasteiger partial charge >= 0.3 is 0 Å². The van der Waals surface area contributed by atoms with E-state index in [4.69, 9.17) is 9.47 Å². The minimum absolute atomic E-state index is 0.660. The van der Waals surface area contributed by atoms with Crippen LogP contribution in [0.25, 0.3) is 0 Å². The van der Waals surface area contributed by atoms with Crippen LogP contribution < -0.4 is 9.92 Å². The normalized spacial score (nSPS) is 11.5. The number of rotatable bonds is 6. The predicted molar refractivity (Wildman–Crippen MR) is 69.2 cm³/mol. The maximum atomic E-state index is 5.50. The van der Waals surface area contributed by atoms with Crippen molar-refractivity contribution in [2.45, 2.75) is 26.1 Å². The predicted octanol–water partition coefficient (Wildman–Crippen LogP) is 2.04. The Balaban J connectivity index is 2.46. The molecule has 0 radical (unpaired) electrons. The molecule has 0 spiro atoms. The number of nitrogens with zero attached hydrogens (tertiary/aromatic N) is 1. The summed E-state index contributed by atoms with van der Waals surface area (Å²) in [6.07, 6.45) is 2.84. The molecule has 0 aliphatic heterocycles. The summed E-state index contributed by atoms with van der Waals surface area (Å²) < 4.78 is 10.4. The highest BCUT2D eigenvalue weighted by Crippen LogP contribution is 2.07. The van der Waals surface area contributed by atoms with E-state index >= 15 is 0 Å². The van der Waals surface area contributed by atoms with E-state index in [-0.39, 0.29) is 0 Å². The lowest BCUT2D eigenvalue weighted by atomic mass is 10.4. The summed E-state index contributed by atoms with van der Waals surface area (Å²) in [4.78, 5) is 4.31. The Labute approximate surface area is 98.8 Å². The Morgan fingerprint density at radius 2 is 1.94 bits per heavy atom. The SMILES string of the molecule is COCCCOc1ccc([Si](C)(C)C)cn1. The van der Waals surface area contributed by atoms with E-state index in [0.717, 1.165) is 13.0 Å². The van der Waals surface area contributed by atoms with E-state index in [1.54, 1.807) is 7.11 Å². The van der Waals surface area contributed by atoms with Gasteiger partial charge in [-0.25, -0.2) is 4.98 Å². The standard InChI is InChI=1S/C12H21NO2Si/c1-14-8-5-9-15-12-7-6-11(10-13-12)16(2,3)4/h6-7,10H,5,8-9H2,1-4H3.